The number of nitrogens with zero attached hydrogens (tertiary/aromatic N) is 3. The van der Waals surface area contributed by atoms with Crippen LogP contribution in [0.3, 0.4) is 0 Å². The van der Waals surface area contributed by atoms with Gasteiger partial charge in [0, 0.05) is 35.4 Å². The summed E-state index contributed by atoms with van der Waals surface area (Å²) >= 11 is 0. The van der Waals surface area contributed by atoms with Gasteiger partial charge in [-0.15, -0.1) is 0 Å². The number of nitrogens with one attached hydrogen (secondary N) is 2. The van der Waals surface area contributed by atoms with E-state index >= 15 is 0 Å². The fourth-order valence-corrected chi connectivity index (χ4v) is 3.78. The summed E-state index contributed by atoms with van der Waals surface area (Å²) in [6.45, 7) is 0. The maximum atomic E-state index is 13.4. The Kier molecular flexibility index (Phi) is 4.96. The Morgan fingerprint density at radius 2 is 1.76 bits per heavy atom. The molecule has 0 radical (unpaired) electrons. The van der Waals surface area contributed by atoms with Crippen molar-refractivity contribution in [1.82, 2.24) is 15.0 Å². The SMILES string of the molecule is O=C(Nc1cccc(Nc2cc(C(F)(F)F)nc3ccccc23)c1)C1(c2cnccn2)CC1. The third kappa shape index (κ3) is 4.09. The molecule has 2 aromatic carbocycles. The number of carbonyl (C=O) groups excluding carboxylic acids is 1. The van der Waals surface area contributed by atoms with Crippen LogP contribution in [0.25, 0.3) is 10.9 Å². The molecule has 0 aliphatic heterocycles. The maximum absolute atomic E-state index is 13.4. The zero-order chi connectivity index (χ0) is 23.1. The summed E-state index contributed by atoms with van der Waals surface area (Å²) in [7, 11) is 0. The highest BCUT2D eigenvalue weighted by Gasteiger charge is 2.52. The lowest BCUT2D eigenvalue weighted by molar-refractivity contribution is -0.140. The maximum Gasteiger partial charge on any atom is 0.433 e. The number of halogens is 3. The van der Waals surface area contributed by atoms with Crippen LogP contribution in [0.2, 0.25) is 0 Å². The predicted octanol–water partition coefficient (Wildman–Crippen LogP) is 5.46. The minimum Gasteiger partial charge on any atom is -0.355 e. The molecule has 1 saturated carbocycles. The van der Waals surface area contributed by atoms with Gasteiger partial charge < -0.3 is 10.6 Å². The molecule has 1 amide bonds. The van der Waals surface area contributed by atoms with E-state index in [1.165, 1.54) is 6.07 Å². The van der Waals surface area contributed by atoms with E-state index < -0.39 is 17.3 Å². The average molecular weight is 449 g/mol. The lowest BCUT2D eigenvalue weighted by Crippen LogP contribution is -2.28. The number of alkyl halides is 3. The molecule has 0 bridgehead atoms. The van der Waals surface area contributed by atoms with Crippen molar-refractivity contribution in [3.05, 3.63) is 84.6 Å². The summed E-state index contributed by atoms with van der Waals surface area (Å²) in [5.74, 6) is -0.186. The topological polar surface area (TPSA) is 79.8 Å². The molecule has 1 aliphatic carbocycles. The Hall–Kier alpha value is -4.01. The van der Waals surface area contributed by atoms with Crippen LogP contribution in [0.4, 0.5) is 30.2 Å². The highest BCUT2D eigenvalue weighted by molar-refractivity contribution is 6.01. The molecule has 2 heterocycles. The van der Waals surface area contributed by atoms with Gasteiger partial charge in [0.05, 0.1) is 22.3 Å². The average Bonchev–Trinajstić information content (AvgIpc) is 3.62. The highest BCUT2D eigenvalue weighted by Crippen LogP contribution is 2.48. The van der Waals surface area contributed by atoms with E-state index in [2.05, 4.69) is 25.6 Å². The fourth-order valence-electron chi connectivity index (χ4n) is 3.78. The Bertz CT molecular complexity index is 1340. The molecule has 5 rings (SSSR count). The first-order valence-corrected chi connectivity index (χ1v) is 10.3. The minimum absolute atomic E-state index is 0.186. The number of hydrogen-bond acceptors (Lipinski definition) is 5. The summed E-state index contributed by atoms with van der Waals surface area (Å²) in [5.41, 5.74) is 0.512. The standard InChI is InChI=1S/C24H18F3N5O/c25-24(26,27)20-13-19(17-6-1-2-7-18(17)32-20)30-15-4-3-5-16(12-15)31-22(33)23(8-9-23)21-14-28-10-11-29-21/h1-7,10-14H,8-9H2,(H,30,32)(H,31,33). The Balaban J connectivity index is 1.42. The Labute approximate surface area is 186 Å². The van der Waals surface area contributed by atoms with Crippen molar-refractivity contribution in [1.29, 1.82) is 0 Å². The molecule has 0 unspecified atom stereocenters. The van der Waals surface area contributed by atoms with Gasteiger partial charge in [0.1, 0.15) is 5.69 Å². The molecule has 2 aromatic heterocycles. The van der Waals surface area contributed by atoms with E-state index in [9.17, 15) is 18.0 Å². The summed E-state index contributed by atoms with van der Waals surface area (Å²) < 4.78 is 40.1. The molecule has 2 N–H and O–H groups in total. The van der Waals surface area contributed by atoms with E-state index in [1.54, 1.807) is 61.1 Å². The molecule has 9 heteroatoms. The number of rotatable bonds is 5. The van der Waals surface area contributed by atoms with Gasteiger partial charge in [0.25, 0.3) is 0 Å². The zero-order valence-corrected chi connectivity index (χ0v) is 17.2. The summed E-state index contributed by atoms with van der Waals surface area (Å²) in [6, 6.07) is 14.4. The number of carbonyl (C=O) groups is 1. The zero-order valence-electron chi connectivity index (χ0n) is 17.2. The highest BCUT2D eigenvalue weighted by atomic mass is 19.4. The van der Waals surface area contributed by atoms with Crippen molar-refractivity contribution in [3.63, 3.8) is 0 Å². The molecule has 1 fully saturated rings. The van der Waals surface area contributed by atoms with Gasteiger partial charge in [-0.1, -0.05) is 24.3 Å². The van der Waals surface area contributed by atoms with Crippen LogP contribution < -0.4 is 10.6 Å². The Morgan fingerprint density at radius 3 is 2.48 bits per heavy atom. The number of fused-ring (bicyclic) bond motifs is 1. The normalized spacial score (nSPS) is 14.6. The molecule has 33 heavy (non-hydrogen) atoms. The minimum atomic E-state index is -4.57. The summed E-state index contributed by atoms with van der Waals surface area (Å²) in [4.78, 5) is 25.0. The van der Waals surface area contributed by atoms with Crippen LogP contribution in [0.5, 0.6) is 0 Å². The van der Waals surface area contributed by atoms with Crippen LogP contribution in [0.1, 0.15) is 24.2 Å². The number of amides is 1. The summed E-state index contributed by atoms with van der Waals surface area (Å²) in [5, 5.41) is 6.50. The van der Waals surface area contributed by atoms with Crippen LogP contribution in [0, 0.1) is 0 Å². The van der Waals surface area contributed by atoms with Gasteiger partial charge in [-0.05, 0) is 43.2 Å². The van der Waals surface area contributed by atoms with E-state index in [0.29, 0.717) is 35.3 Å². The van der Waals surface area contributed by atoms with Crippen molar-refractivity contribution in [2.24, 2.45) is 0 Å². The van der Waals surface area contributed by atoms with Crippen LogP contribution in [0.15, 0.2) is 73.2 Å². The van der Waals surface area contributed by atoms with Crippen LogP contribution >= 0.6 is 0 Å². The summed E-state index contributed by atoms with van der Waals surface area (Å²) in [6.07, 6.45) is 1.49. The fraction of sp³-hybridized carbons (Fsp3) is 0.167. The van der Waals surface area contributed by atoms with Crippen molar-refractivity contribution in [3.8, 4) is 0 Å². The third-order valence-corrected chi connectivity index (χ3v) is 5.64. The smallest absolute Gasteiger partial charge is 0.355 e. The van der Waals surface area contributed by atoms with Gasteiger partial charge in [-0.3, -0.25) is 14.8 Å². The van der Waals surface area contributed by atoms with E-state index in [1.807, 2.05) is 0 Å². The monoisotopic (exact) mass is 449 g/mol. The van der Waals surface area contributed by atoms with Crippen molar-refractivity contribution >= 4 is 33.9 Å². The second-order valence-electron chi connectivity index (χ2n) is 7.90. The number of para-hydroxylation sites is 1. The van der Waals surface area contributed by atoms with Crippen molar-refractivity contribution in [2.75, 3.05) is 10.6 Å². The molecular formula is C24H18F3N5O. The van der Waals surface area contributed by atoms with Crippen LogP contribution in [-0.2, 0) is 16.4 Å². The first-order valence-electron chi connectivity index (χ1n) is 10.3. The van der Waals surface area contributed by atoms with Crippen molar-refractivity contribution < 1.29 is 18.0 Å². The molecule has 4 aromatic rings. The first kappa shape index (κ1) is 20.9. The molecular weight excluding hydrogens is 431 g/mol. The lowest BCUT2D eigenvalue weighted by atomic mass is 10.0. The van der Waals surface area contributed by atoms with Crippen molar-refractivity contribution in [2.45, 2.75) is 24.4 Å². The predicted molar refractivity (Wildman–Crippen MR) is 118 cm³/mol. The number of benzene rings is 2. The van der Waals surface area contributed by atoms with E-state index in [-0.39, 0.29) is 17.1 Å². The second kappa shape index (κ2) is 7.84. The molecule has 166 valence electrons. The quantitative estimate of drug-likeness (QED) is 0.423. The second-order valence-corrected chi connectivity index (χ2v) is 7.90. The Morgan fingerprint density at radius 1 is 0.970 bits per heavy atom. The lowest BCUT2D eigenvalue weighted by Gasteiger charge is -2.16. The van der Waals surface area contributed by atoms with Crippen LogP contribution in [-0.4, -0.2) is 20.9 Å². The van der Waals surface area contributed by atoms with E-state index in [4.69, 9.17) is 0 Å². The number of anilines is 3. The largest absolute Gasteiger partial charge is 0.433 e. The van der Waals surface area contributed by atoms with Gasteiger partial charge >= 0.3 is 6.18 Å². The first-order chi connectivity index (χ1) is 15.8. The molecule has 0 spiro atoms. The number of hydrogen-bond donors (Lipinski definition) is 2. The van der Waals surface area contributed by atoms with E-state index in [0.717, 1.165) is 6.07 Å². The third-order valence-electron chi connectivity index (χ3n) is 5.64. The number of pyridine rings is 1. The molecule has 6 nitrogen and oxygen atoms in total. The van der Waals surface area contributed by atoms with Gasteiger partial charge in [-0.2, -0.15) is 13.2 Å². The van der Waals surface area contributed by atoms with Gasteiger partial charge in [0.2, 0.25) is 5.91 Å². The molecule has 1 aliphatic rings. The molecule has 0 saturated heterocycles. The van der Waals surface area contributed by atoms with Gasteiger partial charge in [0.15, 0.2) is 0 Å². The number of aromatic nitrogens is 3. The van der Waals surface area contributed by atoms with Gasteiger partial charge in [-0.25, -0.2) is 4.98 Å². The molecule has 0 atom stereocenters.